The lowest BCUT2D eigenvalue weighted by atomic mass is 10.1. The first-order chi connectivity index (χ1) is 9.50. The van der Waals surface area contributed by atoms with E-state index in [1.807, 2.05) is 36.4 Å². The molecule has 20 heavy (non-hydrogen) atoms. The summed E-state index contributed by atoms with van der Waals surface area (Å²) in [6.07, 6.45) is 0. The molecule has 0 unspecified atom stereocenters. The Morgan fingerprint density at radius 2 is 1.85 bits per heavy atom. The zero-order valence-electron chi connectivity index (χ0n) is 11.7. The maximum absolute atomic E-state index is 12.5. The Labute approximate surface area is 124 Å². The van der Waals surface area contributed by atoms with Gasteiger partial charge in [0.15, 0.2) is 0 Å². The average molecular weight is 286 g/mol. The van der Waals surface area contributed by atoms with Crippen LogP contribution >= 0.6 is 12.2 Å². The fourth-order valence-corrected chi connectivity index (χ4v) is 2.33. The third kappa shape index (κ3) is 2.96. The topological polar surface area (TPSA) is 48.0 Å². The van der Waals surface area contributed by atoms with Gasteiger partial charge in [0.25, 0.3) is 5.56 Å². The quantitative estimate of drug-likeness (QED) is 0.879. The largest absolute Gasteiger partial charge is 0.389 e. The Morgan fingerprint density at radius 1 is 1.20 bits per heavy atom. The Morgan fingerprint density at radius 3 is 2.40 bits per heavy atom. The van der Waals surface area contributed by atoms with Gasteiger partial charge in [0.05, 0.1) is 11.3 Å². The first-order valence-corrected chi connectivity index (χ1v) is 7.00. The molecule has 1 aromatic carbocycles. The first-order valence-electron chi connectivity index (χ1n) is 6.59. The fraction of sp³-hybridized carbons (Fsp3) is 0.250. The molecule has 0 aliphatic heterocycles. The maximum Gasteiger partial charge on any atom is 0.261 e. The van der Waals surface area contributed by atoms with Crippen LogP contribution in [0.3, 0.4) is 0 Å². The minimum Gasteiger partial charge on any atom is -0.389 e. The number of benzene rings is 1. The van der Waals surface area contributed by atoms with Crippen molar-refractivity contribution in [3.63, 3.8) is 0 Å². The van der Waals surface area contributed by atoms with Crippen LogP contribution in [0, 0.1) is 5.92 Å². The summed E-state index contributed by atoms with van der Waals surface area (Å²) < 4.78 is 1.76. The Bertz CT molecular complexity index is 675. The summed E-state index contributed by atoms with van der Waals surface area (Å²) >= 11 is 4.95. The van der Waals surface area contributed by atoms with Crippen LogP contribution in [-0.4, -0.2) is 9.56 Å². The van der Waals surface area contributed by atoms with Crippen molar-refractivity contribution < 1.29 is 0 Å². The lowest BCUT2D eigenvalue weighted by molar-refractivity contribution is 0.515. The van der Waals surface area contributed by atoms with E-state index in [-0.39, 0.29) is 10.5 Å². The number of thiocarbonyl (C=S) groups is 1. The number of hydrogen-bond acceptors (Lipinski definition) is 2. The summed E-state index contributed by atoms with van der Waals surface area (Å²) in [6.45, 7) is 4.79. The normalized spacial score (nSPS) is 10.8. The molecule has 0 radical (unpaired) electrons. The van der Waals surface area contributed by atoms with Crippen LogP contribution in [0.5, 0.6) is 0 Å². The van der Waals surface area contributed by atoms with Crippen molar-refractivity contribution in [1.82, 2.24) is 4.57 Å². The molecule has 0 fully saturated rings. The molecule has 0 saturated carbocycles. The second-order valence-corrected chi connectivity index (χ2v) is 5.61. The van der Waals surface area contributed by atoms with E-state index in [0.29, 0.717) is 18.0 Å². The van der Waals surface area contributed by atoms with Crippen LogP contribution in [0.1, 0.15) is 19.4 Å². The first kappa shape index (κ1) is 14.5. The summed E-state index contributed by atoms with van der Waals surface area (Å²) in [7, 11) is 0. The van der Waals surface area contributed by atoms with Gasteiger partial charge in [-0.05, 0) is 23.6 Å². The summed E-state index contributed by atoms with van der Waals surface area (Å²) in [5.41, 5.74) is 7.81. The van der Waals surface area contributed by atoms with Gasteiger partial charge < -0.3 is 10.3 Å². The van der Waals surface area contributed by atoms with E-state index in [4.69, 9.17) is 18.0 Å². The van der Waals surface area contributed by atoms with E-state index in [1.165, 1.54) is 0 Å². The molecule has 2 rings (SSSR count). The van der Waals surface area contributed by atoms with E-state index < -0.39 is 0 Å². The van der Waals surface area contributed by atoms with Gasteiger partial charge in [0.1, 0.15) is 4.99 Å². The molecular weight excluding hydrogens is 268 g/mol. The van der Waals surface area contributed by atoms with Crippen LogP contribution in [0.2, 0.25) is 0 Å². The van der Waals surface area contributed by atoms with Crippen LogP contribution in [-0.2, 0) is 6.54 Å². The third-order valence-corrected chi connectivity index (χ3v) is 3.28. The zero-order valence-corrected chi connectivity index (χ0v) is 12.5. The fourth-order valence-electron chi connectivity index (χ4n) is 2.17. The highest BCUT2D eigenvalue weighted by atomic mass is 32.1. The van der Waals surface area contributed by atoms with Gasteiger partial charge >= 0.3 is 0 Å². The molecule has 104 valence electrons. The second-order valence-electron chi connectivity index (χ2n) is 5.17. The van der Waals surface area contributed by atoms with Gasteiger partial charge in [-0.25, -0.2) is 0 Å². The Kier molecular flexibility index (Phi) is 4.35. The van der Waals surface area contributed by atoms with Crippen molar-refractivity contribution >= 4 is 17.2 Å². The molecular formula is C16H18N2OS. The van der Waals surface area contributed by atoms with Crippen LogP contribution < -0.4 is 11.3 Å². The monoisotopic (exact) mass is 286 g/mol. The molecule has 0 aliphatic rings. The van der Waals surface area contributed by atoms with E-state index in [2.05, 4.69) is 13.8 Å². The predicted octanol–water partition coefficient (Wildman–Crippen LogP) is 2.81. The second kappa shape index (κ2) is 6.01. The smallest absolute Gasteiger partial charge is 0.261 e. The summed E-state index contributed by atoms with van der Waals surface area (Å²) in [5.74, 6) is 0.358. The van der Waals surface area contributed by atoms with Gasteiger partial charge in [0, 0.05) is 6.54 Å². The average Bonchev–Trinajstić information content (AvgIpc) is 2.41. The minimum absolute atomic E-state index is 0.118. The lowest BCUT2D eigenvalue weighted by Crippen LogP contribution is -2.31. The maximum atomic E-state index is 12.5. The Hall–Kier alpha value is -1.94. The van der Waals surface area contributed by atoms with Crippen molar-refractivity contribution in [3.8, 4) is 11.3 Å². The number of nitrogens with zero attached hydrogens (tertiary/aromatic N) is 1. The number of nitrogens with two attached hydrogens (primary N) is 1. The standard InChI is InChI=1S/C16H18N2OS/c1-11(2)10-18-14(12-6-4-3-5-7-12)9-8-13(15(17)20)16(18)19/h3-9,11H,10H2,1-2H3,(H2,17,20). The Balaban J connectivity index is 2.66. The summed E-state index contributed by atoms with van der Waals surface area (Å²) in [6, 6.07) is 13.5. The van der Waals surface area contributed by atoms with Crippen molar-refractivity contribution in [1.29, 1.82) is 0 Å². The third-order valence-electron chi connectivity index (χ3n) is 3.06. The molecule has 0 amide bonds. The molecule has 2 N–H and O–H groups in total. The van der Waals surface area contributed by atoms with E-state index in [9.17, 15) is 4.79 Å². The molecule has 2 aromatic rings. The van der Waals surface area contributed by atoms with E-state index in [1.54, 1.807) is 10.6 Å². The summed E-state index contributed by atoms with van der Waals surface area (Å²) in [4.78, 5) is 12.7. The van der Waals surface area contributed by atoms with Gasteiger partial charge in [-0.2, -0.15) is 0 Å². The van der Waals surface area contributed by atoms with E-state index >= 15 is 0 Å². The predicted molar refractivity (Wildman–Crippen MR) is 86.9 cm³/mol. The molecule has 0 bridgehead atoms. The number of rotatable bonds is 4. The van der Waals surface area contributed by atoms with Crippen molar-refractivity contribution in [2.45, 2.75) is 20.4 Å². The molecule has 0 saturated heterocycles. The molecule has 0 spiro atoms. The summed E-state index contributed by atoms with van der Waals surface area (Å²) in [5, 5.41) is 0. The zero-order chi connectivity index (χ0) is 14.7. The van der Waals surface area contributed by atoms with Gasteiger partial charge in [0.2, 0.25) is 0 Å². The number of hydrogen-bond donors (Lipinski definition) is 1. The van der Waals surface area contributed by atoms with Crippen LogP contribution in [0.25, 0.3) is 11.3 Å². The SMILES string of the molecule is CC(C)Cn1c(-c2ccccc2)ccc(C(N)=S)c1=O. The highest BCUT2D eigenvalue weighted by Crippen LogP contribution is 2.19. The van der Waals surface area contributed by atoms with Crippen LogP contribution in [0.15, 0.2) is 47.3 Å². The molecule has 1 heterocycles. The van der Waals surface area contributed by atoms with Gasteiger partial charge in [-0.15, -0.1) is 0 Å². The molecule has 4 heteroatoms. The number of aromatic nitrogens is 1. The van der Waals surface area contributed by atoms with Gasteiger partial charge in [-0.1, -0.05) is 56.4 Å². The molecule has 1 aromatic heterocycles. The molecule has 0 atom stereocenters. The lowest BCUT2D eigenvalue weighted by Gasteiger charge is -2.16. The molecule has 0 aliphatic carbocycles. The van der Waals surface area contributed by atoms with Crippen molar-refractivity contribution in [2.75, 3.05) is 0 Å². The van der Waals surface area contributed by atoms with Crippen LogP contribution in [0.4, 0.5) is 0 Å². The highest BCUT2D eigenvalue weighted by Gasteiger charge is 2.12. The number of pyridine rings is 1. The van der Waals surface area contributed by atoms with Crippen molar-refractivity contribution in [3.05, 3.63) is 58.4 Å². The molecule has 3 nitrogen and oxygen atoms in total. The highest BCUT2D eigenvalue weighted by molar-refractivity contribution is 7.80. The van der Waals surface area contributed by atoms with Gasteiger partial charge in [-0.3, -0.25) is 4.79 Å². The van der Waals surface area contributed by atoms with E-state index in [0.717, 1.165) is 11.3 Å². The van der Waals surface area contributed by atoms with Crippen molar-refractivity contribution in [2.24, 2.45) is 11.7 Å². The minimum atomic E-state index is -0.118.